The average molecular weight is 154 g/mol. The molecule has 0 saturated heterocycles. The third-order valence-corrected chi connectivity index (χ3v) is 1.74. The van der Waals surface area contributed by atoms with Crippen LogP contribution in [0.4, 0.5) is 0 Å². The zero-order chi connectivity index (χ0) is 7.49. The summed E-state index contributed by atoms with van der Waals surface area (Å²) in [5, 5.41) is 0. The van der Waals surface area contributed by atoms with Crippen LogP contribution in [0.3, 0.4) is 0 Å². The molecule has 0 aliphatic heterocycles. The van der Waals surface area contributed by atoms with Crippen molar-refractivity contribution in [2.45, 2.75) is 13.0 Å². The molecule has 9 heavy (non-hydrogen) atoms. The SMILES string of the molecule is COC(C)CS(=O)(=O)O. The van der Waals surface area contributed by atoms with Crippen molar-refractivity contribution >= 4 is 10.1 Å². The van der Waals surface area contributed by atoms with Crippen molar-refractivity contribution in [2.75, 3.05) is 12.9 Å². The van der Waals surface area contributed by atoms with E-state index in [9.17, 15) is 8.42 Å². The molecule has 0 amide bonds. The lowest BCUT2D eigenvalue weighted by Gasteiger charge is -2.04. The monoisotopic (exact) mass is 154 g/mol. The normalized spacial score (nSPS) is 15.4. The Balaban J connectivity index is 3.75. The van der Waals surface area contributed by atoms with E-state index >= 15 is 0 Å². The van der Waals surface area contributed by atoms with E-state index in [1.54, 1.807) is 6.92 Å². The molecular weight excluding hydrogens is 144 g/mol. The number of ether oxygens (including phenoxy) is 1. The topological polar surface area (TPSA) is 63.6 Å². The van der Waals surface area contributed by atoms with Crippen molar-refractivity contribution in [3.63, 3.8) is 0 Å². The number of hydrogen-bond acceptors (Lipinski definition) is 3. The molecule has 0 aromatic carbocycles. The molecule has 4 nitrogen and oxygen atoms in total. The summed E-state index contributed by atoms with van der Waals surface area (Å²) in [6, 6.07) is 0. The van der Waals surface area contributed by atoms with Crippen molar-refractivity contribution in [2.24, 2.45) is 0 Å². The Morgan fingerprint density at radius 2 is 2.11 bits per heavy atom. The van der Waals surface area contributed by atoms with Crippen molar-refractivity contribution in [3.8, 4) is 0 Å². The molecule has 1 atom stereocenters. The fraction of sp³-hybridized carbons (Fsp3) is 1.00. The molecule has 0 aliphatic rings. The second-order valence-corrected chi connectivity index (χ2v) is 3.29. The first-order valence-electron chi connectivity index (χ1n) is 2.43. The van der Waals surface area contributed by atoms with E-state index in [0.717, 1.165) is 0 Å². The van der Waals surface area contributed by atoms with Crippen LogP contribution in [0.25, 0.3) is 0 Å². The molecule has 0 bridgehead atoms. The summed E-state index contributed by atoms with van der Waals surface area (Å²) in [6.45, 7) is 1.56. The predicted octanol–water partition coefficient (Wildman–Crippen LogP) is -0.0909. The summed E-state index contributed by atoms with van der Waals surface area (Å²) in [5.41, 5.74) is 0. The van der Waals surface area contributed by atoms with Crippen LogP contribution >= 0.6 is 0 Å². The summed E-state index contributed by atoms with van der Waals surface area (Å²) in [5.74, 6) is -0.344. The maximum atomic E-state index is 10.1. The molecule has 0 fully saturated rings. The molecule has 1 N–H and O–H groups in total. The molecule has 1 unspecified atom stereocenters. The van der Waals surface area contributed by atoms with Crippen LogP contribution in [0, 0.1) is 0 Å². The van der Waals surface area contributed by atoms with Gasteiger partial charge < -0.3 is 4.74 Å². The molecule has 0 aromatic heterocycles. The Kier molecular flexibility index (Phi) is 3.10. The quantitative estimate of drug-likeness (QED) is 0.577. The van der Waals surface area contributed by atoms with E-state index in [1.807, 2.05) is 0 Å². The fourth-order valence-corrected chi connectivity index (χ4v) is 1.09. The van der Waals surface area contributed by atoms with Gasteiger partial charge in [0.1, 0.15) is 5.75 Å². The maximum Gasteiger partial charge on any atom is 0.267 e. The van der Waals surface area contributed by atoms with Crippen LogP contribution in [0.5, 0.6) is 0 Å². The van der Waals surface area contributed by atoms with Crippen molar-refractivity contribution < 1.29 is 17.7 Å². The molecule has 56 valence electrons. The third kappa shape index (κ3) is 5.75. The van der Waals surface area contributed by atoms with E-state index in [2.05, 4.69) is 4.74 Å². The molecule has 0 aliphatic carbocycles. The summed E-state index contributed by atoms with van der Waals surface area (Å²) < 4.78 is 33.0. The maximum absolute atomic E-state index is 10.1. The van der Waals surface area contributed by atoms with Crippen LogP contribution in [0.2, 0.25) is 0 Å². The van der Waals surface area contributed by atoms with Crippen LogP contribution in [-0.2, 0) is 14.9 Å². The van der Waals surface area contributed by atoms with Crippen LogP contribution in [-0.4, -0.2) is 31.9 Å². The minimum atomic E-state index is -3.86. The minimum Gasteiger partial charge on any atom is -0.381 e. The molecule has 0 spiro atoms. The highest BCUT2D eigenvalue weighted by atomic mass is 32.2. The van der Waals surface area contributed by atoms with Gasteiger partial charge in [0, 0.05) is 7.11 Å². The fourth-order valence-electron chi connectivity index (χ4n) is 0.365. The highest BCUT2D eigenvalue weighted by molar-refractivity contribution is 7.85. The van der Waals surface area contributed by atoms with Gasteiger partial charge >= 0.3 is 0 Å². The smallest absolute Gasteiger partial charge is 0.267 e. The first-order chi connectivity index (χ1) is 3.95. The Labute approximate surface area is 54.6 Å². The van der Waals surface area contributed by atoms with Gasteiger partial charge in [0.15, 0.2) is 0 Å². The van der Waals surface area contributed by atoms with E-state index in [0.29, 0.717) is 0 Å². The zero-order valence-corrected chi connectivity index (χ0v) is 6.18. The van der Waals surface area contributed by atoms with Gasteiger partial charge in [0.25, 0.3) is 10.1 Å². The number of methoxy groups -OCH3 is 1. The summed E-state index contributed by atoms with van der Waals surface area (Å²) in [4.78, 5) is 0. The first kappa shape index (κ1) is 8.87. The summed E-state index contributed by atoms with van der Waals surface area (Å²) >= 11 is 0. The van der Waals surface area contributed by atoms with Gasteiger partial charge in [0.05, 0.1) is 6.10 Å². The molecular formula is C4H10O4S. The van der Waals surface area contributed by atoms with Crippen LogP contribution in [0.15, 0.2) is 0 Å². The Bertz CT molecular complexity index is 159. The van der Waals surface area contributed by atoms with Gasteiger partial charge in [-0.1, -0.05) is 0 Å². The highest BCUT2D eigenvalue weighted by Crippen LogP contribution is 1.92. The molecule has 0 aromatic rings. The molecule has 5 heteroatoms. The first-order valence-corrected chi connectivity index (χ1v) is 4.04. The third-order valence-electron chi connectivity index (χ3n) is 0.848. The van der Waals surface area contributed by atoms with Gasteiger partial charge in [-0.2, -0.15) is 8.42 Å². The van der Waals surface area contributed by atoms with Crippen LogP contribution < -0.4 is 0 Å². The highest BCUT2D eigenvalue weighted by Gasteiger charge is 2.09. The molecule has 0 radical (unpaired) electrons. The lowest BCUT2D eigenvalue weighted by molar-refractivity contribution is 0.134. The Hall–Kier alpha value is -0.130. The molecule has 0 saturated carbocycles. The van der Waals surface area contributed by atoms with Crippen molar-refractivity contribution in [1.29, 1.82) is 0 Å². The Morgan fingerprint density at radius 1 is 1.67 bits per heavy atom. The molecule has 0 heterocycles. The van der Waals surface area contributed by atoms with Crippen molar-refractivity contribution in [3.05, 3.63) is 0 Å². The number of hydrogen-bond donors (Lipinski definition) is 1. The summed E-state index contributed by atoms with van der Waals surface area (Å²) in [7, 11) is -2.48. The minimum absolute atomic E-state index is 0.344. The second kappa shape index (κ2) is 3.14. The van der Waals surface area contributed by atoms with Gasteiger partial charge in [-0.3, -0.25) is 4.55 Å². The lowest BCUT2D eigenvalue weighted by Crippen LogP contribution is -2.18. The van der Waals surface area contributed by atoms with E-state index < -0.39 is 16.2 Å². The van der Waals surface area contributed by atoms with E-state index in [4.69, 9.17) is 4.55 Å². The number of rotatable bonds is 3. The zero-order valence-electron chi connectivity index (χ0n) is 5.36. The Morgan fingerprint density at radius 3 is 2.22 bits per heavy atom. The largest absolute Gasteiger partial charge is 0.381 e. The van der Waals surface area contributed by atoms with Crippen molar-refractivity contribution in [1.82, 2.24) is 0 Å². The lowest BCUT2D eigenvalue weighted by atomic mass is 10.5. The van der Waals surface area contributed by atoms with Crippen LogP contribution in [0.1, 0.15) is 6.92 Å². The van der Waals surface area contributed by atoms with Gasteiger partial charge in [-0.25, -0.2) is 0 Å². The standard InChI is InChI=1S/C4H10O4S/c1-4(8-2)3-9(5,6)7/h4H,3H2,1-2H3,(H,5,6,7). The molecule has 0 rings (SSSR count). The van der Waals surface area contributed by atoms with E-state index in [1.165, 1.54) is 7.11 Å². The van der Waals surface area contributed by atoms with Gasteiger partial charge in [0.2, 0.25) is 0 Å². The predicted molar refractivity (Wildman–Crippen MR) is 32.9 cm³/mol. The van der Waals surface area contributed by atoms with E-state index in [-0.39, 0.29) is 5.75 Å². The second-order valence-electron chi connectivity index (χ2n) is 1.79. The summed E-state index contributed by atoms with van der Waals surface area (Å²) in [6.07, 6.45) is -0.444. The van der Waals surface area contributed by atoms with Gasteiger partial charge in [-0.05, 0) is 6.92 Å². The average Bonchev–Trinajstić information content (AvgIpc) is 1.62. The van der Waals surface area contributed by atoms with Gasteiger partial charge in [-0.15, -0.1) is 0 Å².